The molecule has 0 radical (unpaired) electrons. The van der Waals surface area contributed by atoms with Gasteiger partial charge < -0.3 is 11.1 Å². The van der Waals surface area contributed by atoms with E-state index in [1.54, 1.807) is 30.5 Å². The lowest BCUT2D eigenvalue weighted by Gasteiger charge is -2.18. The van der Waals surface area contributed by atoms with Crippen LogP contribution in [0.5, 0.6) is 0 Å². The summed E-state index contributed by atoms with van der Waals surface area (Å²) in [5, 5.41) is 13.3. The van der Waals surface area contributed by atoms with Gasteiger partial charge in [-0.15, -0.1) is 0 Å². The number of aromatic nitrogens is 3. The second-order valence-electron chi connectivity index (χ2n) is 6.77. The zero-order chi connectivity index (χ0) is 21.8. The van der Waals surface area contributed by atoms with Gasteiger partial charge in [0.25, 0.3) is 5.91 Å². The van der Waals surface area contributed by atoms with E-state index in [4.69, 9.17) is 17.3 Å². The molecular formula is C21H19ClN6O2S. The first-order valence-corrected chi connectivity index (χ1v) is 10.7. The van der Waals surface area contributed by atoms with Crippen LogP contribution in [0.3, 0.4) is 0 Å². The molecule has 8 nitrogen and oxygen atoms in total. The number of hydrogen-bond donors (Lipinski definition) is 4. The molecule has 0 saturated carbocycles. The third-order valence-electron chi connectivity index (χ3n) is 4.59. The number of anilines is 1. The molecule has 10 heteroatoms. The van der Waals surface area contributed by atoms with Crippen LogP contribution in [0.25, 0.3) is 21.3 Å². The Hall–Kier alpha value is -3.27. The van der Waals surface area contributed by atoms with Gasteiger partial charge in [0.1, 0.15) is 6.04 Å². The maximum Gasteiger partial charge on any atom is 0.253 e. The van der Waals surface area contributed by atoms with Crippen molar-refractivity contribution in [1.82, 2.24) is 20.5 Å². The average Bonchev–Trinajstić information content (AvgIpc) is 3.42. The summed E-state index contributed by atoms with van der Waals surface area (Å²) in [5.74, 6) is -0.714. The zero-order valence-corrected chi connectivity index (χ0v) is 17.8. The van der Waals surface area contributed by atoms with Crippen LogP contribution in [-0.2, 0) is 9.59 Å². The van der Waals surface area contributed by atoms with Gasteiger partial charge in [-0.2, -0.15) is 5.10 Å². The van der Waals surface area contributed by atoms with Gasteiger partial charge in [-0.1, -0.05) is 41.1 Å². The van der Waals surface area contributed by atoms with Crippen molar-refractivity contribution in [2.24, 2.45) is 5.73 Å². The van der Waals surface area contributed by atoms with Crippen LogP contribution in [0.1, 0.15) is 18.0 Å². The normalized spacial score (nSPS) is 11.9. The molecule has 158 valence electrons. The van der Waals surface area contributed by atoms with Crippen LogP contribution in [-0.4, -0.2) is 33.5 Å². The molecule has 0 bridgehead atoms. The number of nitrogens with zero attached hydrogens (tertiary/aromatic N) is 2. The number of nitrogens with one attached hydrogen (secondary N) is 3. The van der Waals surface area contributed by atoms with Gasteiger partial charge in [-0.25, -0.2) is 4.98 Å². The Balaban J connectivity index is 1.57. The highest BCUT2D eigenvalue weighted by atomic mass is 35.5. The first-order chi connectivity index (χ1) is 15.0. The van der Waals surface area contributed by atoms with E-state index < -0.39 is 11.9 Å². The van der Waals surface area contributed by atoms with Gasteiger partial charge in [-0.3, -0.25) is 20.0 Å². The van der Waals surface area contributed by atoms with Crippen LogP contribution in [0, 0.1) is 0 Å². The lowest BCUT2D eigenvalue weighted by Crippen LogP contribution is -2.37. The molecular weight excluding hydrogens is 436 g/mol. The summed E-state index contributed by atoms with van der Waals surface area (Å²) in [6.07, 6.45) is 3.67. The number of hydrogen-bond acceptors (Lipinski definition) is 6. The van der Waals surface area contributed by atoms with Gasteiger partial charge >= 0.3 is 0 Å². The average molecular weight is 455 g/mol. The second-order valence-corrected chi connectivity index (χ2v) is 8.24. The minimum absolute atomic E-state index is 0.120. The van der Waals surface area contributed by atoms with E-state index in [1.165, 1.54) is 11.3 Å². The summed E-state index contributed by atoms with van der Waals surface area (Å²) in [5.41, 5.74) is 8.79. The Morgan fingerprint density at radius 1 is 1.16 bits per heavy atom. The number of nitrogens with two attached hydrogens (primary N) is 1. The molecule has 2 aromatic carbocycles. The van der Waals surface area contributed by atoms with Crippen LogP contribution >= 0.6 is 22.9 Å². The number of benzene rings is 2. The Bertz CT molecular complexity index is 1210. The van der Waals surface area contributed by atoms with E-state index in [0.29, 0.717) is 15.7 Å². The standard InChI is InChI=1S/C21H19ClN6O2S/c22-15-4-1-12(2-5-15)19(27-18(29)7-8-23)20(30)28-21-26-16-6-3-13(9-17(16)31-21)14-10-24-25-11-14/h1-6,9-11,19H,7-8,23H2,(H,24,25)(H,27,29)(H,26,28,30). The fourth-order valence-electron chi connectivity index (χ4n) is 3.06. The van der Waals surface area contributed by atoms with Crippen LogP contribution in [0.15, 0.2) is 54.9 Å². The van der Waals surface area contributed by atoms with Crippen molar-refractivity contribution in [3.05, 3.63) is 65.4 Å². The number of carbonyl (C=O) groups excluding carboxylic acids is 2. The summed E-state index contributed by atoms with van der Waals surface area (Å²) in [7, 11) is 0. The van der Waals surface area contributed by atoms with Crippen molar-refractivity contribution in [2.45, 2.75) is 12.5 Å². The van der Waals surface area contributed by atoms with Crippen LogP contribution < -0.4 is 16.4 Å². The molecule has 1 unspecified atom stereocenters. The topological polar surface area (TPSA) is 126 Å². The molecule has 2 aromatic heterocycles. The third kappa shape index (κ3) is 4.91. The lowest BCUT2D eigenvalue weighted by atomic mass is 10.1. The van der Waals surface area contributed by atoms with E-state index in [1.807, 2.05) is 24.4 Å². The summed E-state index contributed by atoms with van der Waals surface area (Å²) in [4.78, 5) is 29.6. The van der Waals surface area contributed by atoms with Crippen molar-refractivity contribution in [2.75, 3.05) is 11.9 Å². The zero-order valence-electron chi connectivity index (χ0n) is 16.3. The molecule has 2 amide bonds. The number of aromatic amines is 1. The number of carbonyl (C=O) groups is 2. The number of H-pyrrole nitrogens is 1. The highest BCUT2D eigenvalue weighted by Gasteiger charge is 2.24. The number of thiazole rings is 1. The Labute approximate surface area is 186 Å². The fraction of sp³-hybridized carbons (Fsp3) is 0.143. The van der Waals surface area contributed by atoms with Gasteiger partial charge in [0, 0.05) is 29.7 Å². The van der Waals surface area contributed by atoms with Crippen molar-refractivity contribution in [3.63, 3.8) is 0 Å². The largest absolute Gasteiger partial charge is 0.340 e. The van der Waals surface area contributed by atoms with Gasteiger partial charge in [0.15, 0.2) is 5.13 Å². The molecule has 4 rings (SSSR count). The Morgan fingerprint density at radius 3 is 2.68 bits per heavy atom. The van der Waals surface area contributed by atoms with E-state index in [0.717, 1.165) is 21.3 Å². The van der Waals surface area contributed by atoms with Crippen molar-refractivity contribution < 1.29 is 9.59 Å². The van der Waals surface area contributed by atoms with Crippen LogP contribution in [0.4, 0.5) is 5.13 Å². The number of fused-ring (bicyclic) bond motifs is 1. The highest BCUT2D eigenvalue weighted by Crippen LogP contribution is 2.31. The lowest BCUT2D eigenvalue weighted by molar-refractivity contribution is -0.126. The van der Waals surface area contributed by atoms with Crippen molar-refractivity contribution in [1.29, 1.82) is 0 Å². The van der Waals surface area contributed by atoms with Crippen LogP contribution in [0.2, 0.25) is 5.02 Å². The molecule has 0 aliphatic heterocycles. The predicted molar refractivity (Wildman–Crippen MR) is 122 cm³/mol. The second kappa shape index (κ2) is 9.25. The summed E-state index contributed by atoms with van der Waals surface area (Å²) in [6.45, 7) is 0.192. The Kier molecular flexibility index (Phi) is 6.26. The van der Waals surface area contributed by atoms with E-state index >= 15 is 0 Å². The van der Waals surface area contributed by atoms with Gasteiger partial charge in [0.2, 0.25) is 5.91 Å². The third-order valence-corrected chi connectivity index (χ3v) is 5.78. The van der Waals surface area contributed by atoms with E-state index in [9.17, 15) is 9.59 Å². The molecule has 0 spiro atoms. The monoisotopic (exact) mass is 454 g/mol. The van der Waals surface area contributed by atoms with Gasteiger partial charge in [0.05, 0.1) is 16.4 Å². The predicted octanol–water partition coefficient (Wildman–Crippen LogP) is 3.48. The molecule has 2 heterocycles. The smallest absolute Gasteiger partial charge is 0.253 e. The van der Waals surface area contributed by atoms with Crippen molar-refractivity contribution >= 4 is 50.1 Å². The van der Waals surface area contributed by atoms with Crippen molar-refractivity contribution in [3.8, 4) is 11.1 Å². The first kappa shape index (κ1) is 21.0. The van der Waals surface area contributed by atoms with Gasteiger partial charge in [-0.05, 0) is 35.4 Å². The molecule has 0 fully saturated rings. The Morgan fingerprint density at radius 2 is 1.97 bits per heavy atom. The maximum absolute atomic E-state index is 13.0. The maximum atomic E-state index is 13.0. The first-order valence-electron chi connectivity index (χ1n) is 9.49. The summed E-state index contributed by atoms with van der Waals surface area (Å²) in [6, 6.07) is 11.7. The van der Waals surface area contributed by atoms with E-state index in [2.05, 4.69) is 25.8 Å². The molecule has 5 N–H and O–H groups in total. The summed E-state index contributed by atoms with van der Waals surface area (Å²) >= 11 is 7.31. The molecule has 0 aliphatic carbocycles. The quantitative estimate of drug-likeness (QED) is 0.340. The SMILES string of the molecule is NCCC(=O)NC(C(=O)Nc1nc2ccc(-c3cn[nH]c3)cc2s1)c1ccc(Cl)cc1. The summed E-state index contributed by atoms with van der Waals surface area (Å²) < 4.78 is 0.921. The highest BCUT2D eigenvalue weighted by molar-refractivity contribution is 7.22. The number of rotatable bonds is 7. The number of amides is 2. The fourth-order valence-corrected chi connectivity index (χ4v) is 4.10. The van der Waals surface area contributed by atoms with E-state index in [-0.39, 0.29) is 18.9 Å². The molecule has 0 aliphatic rings. The molecule has 31 heavy (non-hydrogen) atoms. The minimum Gasteiger partial charge on any atom is -0.340 e. The number of halogens is 1. The minimum atomic E-state index is -0.898. The molecule has 1 atom stereocenters. The molecule has 4 aromatic rings. The molecule has 0 saturated heterocycles.